The van der Waals surface area contributed by atoms with Crippen molar-refractivity contribution in [3.63, 3.8) is 0 Å². The first kappa shape index (κ1) is 23.7. The Balaban J connectivity index is 2.85. The second-order valence-electron chi connectivity index (χ2n) is 6.86. The molecule has 0 saturated heterocycles. The maximum Gasteiger partial charge on any atom is 0.212 e. The quantitative estimate of drug-likeness (QED) is 0.353. The van der Waals surface area contributed by atoms with Gasteiger partial charge in [0.05, 0.1) is 39.2 Å². The lowest BCUT2D eigenvalue weighted by molar-refractivity contribution is -0.107. The fraction of sp³-hybridized carbons (Fsp3) is 0.375. The highest BCUT2D eigenvalue weighted by Crippen LogP contribution is 2.50. The highest BCUT2D eigenvalue weighted by molar-refractivity contribution is 8.14. The van der Waals surface area contributed by atoms with Gasteiger partial charge in [0, 0.05) is 10.8 Å². The Hall–Kier alpha value is -2.60. The van der Waals surface area contributed by atoms with E-state index < -0.39 is 0 Å². The van der Waals surface area contributed by atoms with E-state index in [4.69, 9.17) is 18.9 Å². The highest BCUT2D eigenvalue weighted by atomic mass is 32.2. The summed E-state index contributed by atoms with van der Waals surface area (Å²) >= 11 is 1.27. The number of benzene rings is 2. The van der Waals surface area contributed by atoms with Crippen LogP contribution in [0.2, 0.25) is 0 Å². The summed E-state index contributed by atoms with van der Waals surface area (Å²) in [7, 11) is 6.47. The minimum atomic E-state index is -0.159. The van der Waals surface area contributed by atoms with E-state index in [1.54, 1.807) is 40.6 Å². The molecular weight excluding hydrogens is 400 g/mol. The molecule has 0 spiro atoms. The van der Waals surface area contributed by atoms with E-state index in [2.05, 4.69) is 6.08 Å². The summed E-state index contributed by atoms with van der Waals surface area (Å²) in [5.74, 6) is 2.59. The Kier molecular flexibility index (Phi) is 8.66. The van der Waals surface area contributed by atoms with Crippen LogP contribution in [0.25, 0.3) is 10.8 Å². The molecule has 5 nitrogen and oxygen atoms in total. The molecule has 162 valence electrons. The van der Waals surface area contributed by atoms with Crippen LogP contribution < -0.4 is 18.9 Å². The minimum Gasteiger partial charge on any atom is -0.496 e. The molecule has 2 rings (SSSR count). The third-order valence-corrected chi connectivity index (χ3v) is 5.76. The normalized spacial score (nSPS) is 12.0. The van der Waals surface area contributed by atoms with Crippen molar-refractivity contribution < 1.29 is 23.7 Å². The highest BCUT2D eigenvalue weighted by Gasteiger charge is 2.26. The zero-order chi connectivity index (χ0) is 22.3. The number of carbonyl (C=O) groups excluding carboxylic acids is 1. The lowest BCUT2D eigenvalue weighted by Crippen LogP contribution is -2.04. The summed E-state index contributed by atoms with van der Waals surface area (Å²) in [6, 6.07) is 5.62. The van der Waals surface area contributed by atoms with Gasteiger partial charge in [-0.2, -0.15) is 0 Å². The molecule has 1 unspecified atom stereocenters. The predicted molar refractivity (Wildman–Crippen MR) is 124 cm³/mol. The maximum absolute atomic E-state index is 12.5. The fourth-order valence-electron chi connectivity index (χ4n) is 3.31. The third kappa shape index (κ3) is 5.11. The summed E-state index contributed by atoms with van der Waals surface area (Å²) in [6.07, 6.45) is 6.13. The molecule has 0 aliphatic carbocycles. The van der Waals surface area contributed by atoms with Gasteiger partial charge in [-0.15, -0.1) is 0 Å². The monoisotopic (exact) mass is 430 g/mol. The number of fused-ring (bicyclic) bond motifs is 1. The molecule has 0 bridgehead atoms. The first-order chi connectivity index (χ1) is 14.4. The van der Waals surface area contributed by atoms with E-state index in [9.17, 15) is 4.79 Å². The van der Waals surface area contributed by atoms with Gasteiger partial charge in [-0.3, -0.25) is 4.79 Å². The molecule has 0 N–H and O–H groups in total. The molecule has 0 heterocycles. The van der Waals surface area contributed by atoms with E-state index in [0.29, 0.717) is 29.4 Å². The standard InChI is InChI=1S/C24H30O5S/c1-8-9-21(25)30-20(13-10-15(2)3)16-14-19(28-6)22-17(26-4)11-12-18(27-5)23(22)24(16)29-7/h8-12,14,20H,13H2,1-7H3/b9-8+. The van der Waals surface area contributed by atoms with Gasteiger partial charge in [0.15, 0.2) is 0 Å². The van der Waals surface area contributed by atoms with Gasteiger partial charge >= 0.3 is 0 Å². The fourth-order valence-corrected chi connectivity index (χ4v) is 4.30. The molecule has 0 aliphatic heterocycles. The Morgan fingerprint density at radius 1 is 0.967 bits per heavy atom. The average Bonchev–Trinajstić information content (AvgIpc) is 2.74. The predicted octanol–water partition coefficient (Wildman–Crippen LogP) is 6.11. The third-order valence-electron chi connectivity index (χ3n) is 4.66. The van der Waals surface area contributed by atoms with Crippen molar-refractivity contribution in [2.24, 2.45) is 0 Å². The van der Waals surface area contributed by atoms with E-state index in [1.807, 2.05) is 39.0 Å². The Labute approximate surface area is 183 Å². The number of hydrogen-bond acceptors (Lipinski definition) is 6. The summed E-state index contributed by atoms with van der Waals surface area (Å²) in [5.41, 5.74) is 2.05. The maximum atomic E-state index is 12.5. The van der Waals surface area contributed by atoms with Crippen LogP contribution in [-0.2, 0) is 4.79 Å². The molecule has 1 atom stereocenters. The Bertz CT molecular complexity index is 958. The van der Waals surface area contributed by atoms with Gasteiger partial charge in [0.2, 0.25) is 5.12 Å². The number of thioether (sulfide) groups is 1. The number of hydrogen-bond donors (Lipinski definition) is 0. The molecule has 2 aromatic carbocycles. The van der Waals surface area contributed by atoms with Crippen molar-refractivity contribution in [1.82, 2.24) is 0 Å². The minimum absolute atomic E-state index is 0.0108. The van der Waals surface area contributed by atoms with Crippen LogP contribution in [0.5, 0.6) is 23.0 Å². The lowest BCUT2D eigenvalue weighted by Gasteiger charge is -2.22. The summed E-state index contributed by atoms with van der Waals surface area (Å²) < 4.78 is 22.8. The van der Waals surface area contributed by atoms with Gasteiger partial charge in [0.25, 0.3) is 0 Å². The second kappa shape index (κ2) is 11.0. The Morgan fingerprint density at radius 3 is 2.07 bits per heavy atom. The van der Waals surface area contributed by atoms with Crippen LogP contribution in [0, 0.1) is 0 Å². The van der Waals surface area contributed by atoms with E-state index in [0.717, 1.165) is 16.3 Å². The van der Waals surface area contributed by atoms with Crippen molar-refractivity contribution in [3.05, 3.63) is 47.6 Å². The summed E-state index contributed by atoms with van der Waals surface area (Å²) in [5, 5.41) is 1.36. The zero-order valence-electron chi connectivity index (χ0n) is 18.7. The van der Waals surface area contributed by atoms with Gasteiger partial charge in [-0.05, 0) is 51.5 Å². The van der Waals surface area contributed by atoms with E-state index >= 15 is 0 Å². The van der Waals surface area contributed by atoms with Gasteiger partial charge < -0.3 is 18.9 Å². The van der Waals surface area contributed by atoms with Gasteiger partial charge in [-0.1, -0.05) is 29.5 Å². The number of methoxy groups -OCH3 is 4. The molecule has 0 saturated carbocycles. The molecule has 30 heavy (non-hydrogen) atoms. The molecule has 0 radical (unpaired) electrons. The van der Waals surface area contributed by atoms with Crippen molar-refractivity contribution in [3.8, 4) is 23.0 Å². The molecule has 0 amide bonds. The average molecular weight is 431 g/mol. The summed E-state index contributed by atoms with van der Waals surface area (Å²) in [4.78, 5) is 12.5. The number of ether oxygens (including phenoxy) is 4. The van der Waals surface area contributed by atoms with Crippen molar-refractivity contribution in [2.75, 3.05) is 28.4 Å². The lowest BCUT2D eigenvalue weighted by atomic mass is 9.98. The molecule has 0 aliphatic rings. The van der Waals surface area contributed by atoms with Crippen molar-refractivity contribution >= 4 is 27.6 Å². The zero-order valence-corrected chi connectivity index (χ0v) is 19.5. The topological polar surface area (TPSA) is 54.0 Å². The van der Waals surface area contributed by atoms with Crippen LogP contribution in [0.1, 0.15) is 38.0 Å². The number of carbonyl (C=O) groups is 1. The van der Waals surface area contributed by atoms with Gasteiger partial charge in [-0.25, -0.2) is 0 Å². The van der Waals surface area contributed by atoms with E-state index in [-0.39, 0.29) is 10.4 Å². The molecule has 2 aromatic rings. The molecule has 0 aromatic heterocycles. The number of rotatable bonds is 9. The van der Waals surface area contributed by atoms with E-state index in [1.165, 1.54) is 17.3 Å². The summed E-state index contributed by atoms with van der Waals surface area (Å²) in [6.45, 7) is 5.92. The van der Waals surface area contributed by atoms with Gasteiger partial charge in [0.1, 0.15) is 23.0 Å². The first-order valence-electron chi connectivity index (χ1n) is 9.67. The van der Waals surface area contributed by atoms with Crippen LogP contribution in [0.4, 0.5) is 0 Å². The molecule has 0 fully saturated rings. The molecule has 6 heteroatoms. The van der Waals surface area contributed by atoms with Crippen LogP contribution in [0.3, 0.4) is 0 Å². The van der Waals surface area contributed by atoms with Crippen LogP contribution in [0.15, 0.2) is 42.0 Å². The second-order valence-corrected chi connectivity index (χ2v) is 8.07. The van der Waals surface area contributed by atoms with Crippen LogP contribution >= 0.6 is 11.8 Å². The largest absolute Gasteiger partial charge is 0.496 e. The molecular formula is C24H30O5S. The van der Waals surface area contributed by atoms with Crippen molar-refractivity contribution in [1.29, 1.82) is 0 Å². The SMILES string of the molecule is C/C=C/C(=O)SC(CC=C(C)C)c1cc(OC)c2c(OC)ccc(OC)c2c1OC. The smallest absolute Gasteiger partial charge is 0.212 e. The first-order valence-corrected chi connectivity index (χ1v) is 10.6. The Morgan fingerprint density at radius 2 is 1.57 bits per heavy atom. The number of allylic oxidation sites excluding steroid dienone is 3. The van der Waals surface area contributed by atoms with Crippen LogP contribution in [-0.4, -0.2) is 33.6 Å². The van der Waals surface area contributed by atoms with Crippen molar-refractivity contribution in [2.45, 2.75) is 32.4 Å².